The van der Waals surface area contributed by atoms with Gasteiger partial charge in [-0.25, -0.2) is 8.78 Å². The molecule has 0 unspecified atom stereocenters. The van der Waals surface area contributed by atoms with Crippen LogP contribution in [0.1, 0.15) is 10.4 Å². The Morgan fingerprint density at radius 3 is 2.50 bits per heavy atom. The van der Waals surface area contributed by atoms with E-state index in [0.717, 1.165) is 12.1 Å². The highest BCUT2D eigenvalue weighted by Gasteiger charge is 2.15. The van der Waals surface area contributed by atoms with Gasteiger partial charge in [-0.15, -0.1) is 0 Å². The highest BCUT2D eigenvalue weighted by atomic mass is 79.9. The van der Waals surface area contributed by atoms with E-state index in [9.17, 15) is 13.6 Å². The summed E-state index contributed by atoms with van der Waals surface area (Å²) in [5, 5.41) is 0.0361. The van der Waals surface area contributed by atoms with Crippen LogP contribution in [0.5, 0.6) is 5.75 Å². The number of ether oxygens (including phenoxy) is 1. The van der Waals surface area contributed by atoms with Crippen molar-refractivity contribution in [3.63, 3.8) is 0 Å². The largest absolute Gasteiger partial charge is 0.496 e. The lowest BCUT2D eigenvalue weighted by Gasteiger charge is -2.06. The molecule has 0 bridgehead atoms. The van der Waals surface area contributed by atoms with Gasteiger partial charge in [0.25, 0.3) is 0 Å². The fourth-order valence-electron chi connectivity index (χ4n) is 0.987. The van der Waals surface area contributed by atoms with Crippen molar-refractivity contribution in [2.45, 2.75) is 0 Å². The predicted molar refractivity (Wildman–Crippen MR) is 51.0 cm³/mol. The number of halogens is 3. The van der Waals surface area contributed by atoms with Gasteiger partial charge in [-0.05, 0) is 6.07 Å². The van der Waals surface area contributed by atoms with Gasteiger partial charge in [-0.1, -0.05) is 15.9 Å². The first-order valence-electron chi connectivity index (χ1n) is 3.72. The van der Waals surface area contributed by atoms with Crippen LogP contribution in [0.3, 0.4) is 0 Å². The fraction of sp³-hybridized carbons (Fsp3) is 0.222. The molecule has 0 aliphatic rings. The van der Waals surface area contributed by atoms with Crippen molar-refractivity contribution in [3.05, 3.63) is 29.3 Å². The molecule has 0 fully saturated rings. The summed E-state index contributed by atoms with van der Waals surface area (Å²) in [5.74, 6) is -2.42. The minimum atomic E-state index is -1.06. The number of hydrogen-bond donors (Lipinski definition) is 0. The Morgan fingerprint density at radius 2 is 2.00 bits per heavy atom. The van der Waals surface area contributed by atoms with Crippen LogP contribution in [0.15, 0.2) is 12.1 Å². The molecule has 14 heavy (non-hydrogen) atoms. The van der Waals surface area contributed by atoms with Crippen LogP contribution in [-0.2, 0) is 0 Å². The third kappa shape index (κ3) is 2.09. The van der Waals surface area contributed by atoms with Crippen LogP contribution in [-0.4, -0.2) is 18.2 Å². The van der Waals surface area contributed by atoms with Crippen LogP contribution in [0.2, 0.25) is 0 Å². The molecule has 0 aliphatic heterocycles. The second-order valence-electron chi connectivity index (χ2n) is 2.52. The summed E-state index contributed by atoms with van der Waals surface area (Å²) >= 11 is 2.94. The molecule has 0 aliphatic carbocycles. The minimum Gasteiger partial charge on any atom is -0.496 e. The maximum Gasteiger partial charge on any atom is 0.177 e. The molecule has 76 valence electrons. The Balaban J connectivity index is 3.27. The van der Waals surface area contributed by atoms with E-state index in [4.69, 9.17) is 4.74 Å². The molecule has 5 heteroatoms. The topological polar surface area (TPSA) is 26.3 Å². The maximum absolute atomic E-state index is 12.8. The molecule has 0 saturated carbocycles. The minimum absolute atomic E-state index is 0.0308. The Kier molecular flexibility index (Phi) is 3.57. The van der Waals surface area contributed by atoms with Crippen molar-refractivity contribution in [1.29, 1.82) is 0 Å². The standard InChI is InChI=1S/C9H7BrF2O2/c1-14-9-3-7(12)6(11)2-5(9)8(13)4-10/h2-3H,4H2,1H3. The van der Waals surface area contributed by atoms with E-state index in [1.165, 1.54) is 7.11 Å². The highest BCUT2D eigenvalue weighted by Crippen LogP contribution is 2.22. The van der Waals surface area contributed by atoms with Crippen molar-refractivity contribution >= 4 is 21.7 Å². The zero-order valence-electron chi connectivity index (χ0n) is 7.31. The predicted octanol–water partition coefficient (Wildman–Crippen LogP) is 2.55. The van der Waals surface area contributed by atoms with Crippen molar-refractivity contribution in [2.24, 2.45) is 0 Å². The maximum atomic E-state index is 12.8. The van der Waals surface area contributed by atoms with Crippen molar-refractivity contribution in [1.82, 2.24) is 0 Å². The van der Waals surface area contributed by atoms with Crippen LogP contribution in [0.4, 0.5) is 8.78 Å². The summed E-state index contributed by atoms with van der Waals surface area (Å²) in [7, 11) is 1.29. The van der Waals surface area contributed by atoms with Crippen LogP contribution < -0.4 is 4.74 Å². The van der Waals surface area contributed by atoms with Crippen LogP contribution in [0, 0.1) is 11.6 Å². The second-order valence-corrected chi connectivity index (χ2v) is 3.08. The van der Waals surface area contributed by atoms with Gasteiger partial charge in [-0.3, -0.25) is 4.79 Å². The van der Waals surface area contributed by atoms with Gasteiger partial charge >= 0.3 is 0 Å². The van der Waals surface area contributed by atoms with E-state index >= 15 is 0 Å². The number of benzene rings is 1. The van der Waals surface area contributed by atoms with E-state index in [2.05, 4.69) is 15.9 Å². The fourth-order valence-corrected chi connectivity index (χ4v) is 1.29. The molecule has 0 radical (unpaired) electrons. The normalized spacial score (nSPS) is 10.0. The molecule has 2 nitrogen and oxygen atoms in total. The molecule has 0 aromatic heterocycles. The molecule has 0 amide bonds. The molecule has 1 rings (SSSR count). The van der Waals surface area contributed by atoms with E-state index in [-0.39, 0.29) is 22.4 Å². The van der Waals surface area contributed by atoms with Gasteiger partial charge in [-0.2, -0.15) is 0 Å². The monoisotopic (exact) mass is 264 g/mol. The average Bonchev–Trinajstić information content (AvgIpc) is 2.20. The van der Waals surface area contributed by atoms with Gasteiger partial charge in [0.05, 0.1) is 18.0 Å². The van der Waals surface area contributed by atoms with Gasteiger partial charge in [0.1, 0.15) is 5.75 Å². The third-order valence-electron chi connectivity index (χ3n) is 1.66. The summed E-state index contributed by atoms with van der Waals surface area (Å²) in [5.41, 5.74) is 0.0308. The lowest BCUT2D eigenvalue weighted by atomic mass is 10.1. The first-order valence-corrected chi connectivity index (χ1v) is 4.84. The summed E-state index contributed by atoms with van der Waals surface area (Å²) in [6.45, 7) is 0. The summed E-state index contributed by atoms with van der Waals surface area (Å²) < 4.78 is 30.3. The molecule has 1 aromatic carbocycles. The van der Waals surface area contributed by atoms with Gasteiger partial charge in [0.2, 0.25) is 0 Å². The summed E-state index contributed by atoms with van der Waals surface area (Å²) in [6, 6.07) is 1.68. The van der Waals surface area contributed by atoms with Gasteiger partial charge in [0.15, 0.2) is 17.4 Å². The number of carbonyl (C=O) groups is 1. The van der Waals surface area contributed by atoms with Crippen LogP contribution in [0.25, 0.3) is 0 Å². The van der Waals surface area contributed by atoms with Crippen LogP contribution >= 0.6 is 15.9 Å². The summed E-state index contributed by atoms with van der Waals surface area (Å²) in [4.78, 5) is 11.2. The number of hydrogen-bond acceptors (Lipinski definition) is 2. The Morgan fingerprint density at radius 1 is 1.43 bits per heavy atom. The van der Waals surface area contributed by atoms with E-state index < -0.39 is 11.6 Å². The average molecular weight is 265 g/mol. The number of ketones is 1. The Bertz CT molecular complexity index is 366. The molecule has 0 saturated heterocycles. The van der Waals surface area contributed by atoms with Crippen molar-refractivity contribution < 1.29 is 18.3 Å². The highest BCUT2D eigenvalue weighted by molar-refractivity contribution is 9.09. The van der Waals surface area contributed by atoms with Crippen molar-refractivity contribution in [2.75, 3.05) is 12.4 Å². The van der Waals surface area contributed by atoms with E-state index in [0.29, 0.717) is 0 Å². The second kappa shape index (κ2) is 4.50. The van der Waals surface area contributed by atoms with E-state index in [1.807, 2.05) is 0 Å². The lowest BCUT2D eigenvalue weighted by Crippen LogP contribution is -2.05. The molecule has 0 N–H and O–H groups in total. The quantitative estimate of drug-likeness (QED) is 0.620. The molecule has 0 spiro atoms. The number of rotatable bonds is 3. The zero-order valence-corrected chi connectivity index (χ0v) is 8.90. The SMILES string of the molecule is COc1cc(F)c(F)cc1C(=O)CBr. The Hall–Kier alpha value is -0.970. The van der Waals surface area contributed by atoms with Gasteiger partial charge < -0.3 is 4.74 Å². The Labute approximate surface area is 88.0 Å². The smallest absolute Gasteiger partial charge is 0.177 e. The molecular weight excluding hydrogens is 258 g/mol. The molecule has 0 atom stereocenters. The molecule has 0 heterocycles. The van der Waals surface area contributed by atoms with E-state index in [1.54, 1.807) is 0 Å². The first kappa shape index (κ1) is 11.1. The van der Waals surface area contributed by atoms with Crippen molar-refractivity contribution in [3.8, 4) is 5.75 Å². The molecular formula is C9H7BrF2O2. The summed E-state index contributed by atoms with van der Waals surface area (Å²) in [6.07, 6.45) is 0. The number of Topliss-reactive ketones (excluding diaryl/α,β-unsaturated/α-hetero) is 1. The zero-order chi connectivity index (χ0) is 10.7. The van der Waals surface area contributed by atoms with Gasteiger partial charge in [0, 0.05) is 6.07 Å². The first-order chi connectivity index (χ1) is 6.60. The number of alkyl halides is 1. The lowest BCUT2D eigenvalue weighted by molar-refractivity contribution is 0.102. The third-order valence-corrected chi connectivity index (χ3v) is 2.17. The number of carbonyl (C=O) groups excluding carboxylic acids is 1. The number of methoxy groups -OCH3 is 1. The molecule has 1 aromatic rings.